The maximum absolute atomic E-state index is 5.65. The SMILES string of the molecule is COc1c(C)c(C)cc(C)c1-c1nncc(N)n1. The molecule has 0 atom stereocenters. The third-order valence-corrected chi connectivity index (χ3v) is 2.99. The number of aromatic nitrogens is 3. The highest BCUT2D eigenvalue weighted by Crippen LogP contribution is 2.35. The average molecular weight is 244 g/mol. The fourth-order valence-corrected chi connectivity index (χ4v) is 2.01. The molecule has 2 N–H and O–H groups in total. The van der Waals surface area contributed by atoms with E-state index in [0.717, 1.165) is 22.4 Å². The first-order valence-corrected chi connectivity index (χ1v) is 5.65. The van der Waals surface area contributed by atoms with Crippen LogP contribution in [-0.4, -0.2) is 22.3 Å². The third kappa shape index (κ3) is 1.99. The lowest BCUT2D eigenvalue weighted by Crippen LogP contribution is -2.02. The number of nitrogens with zero attached hydrogens (tertiary/aromatic N) is 3. The quantitative estimate of drug-likeness (QED) is 0.875. The minimum atomic E-state index is 0.347. The van der Waals surface area contributed by atoms with Crippen molar-refractivity contribution in [3.05, 3.63) is 29.0 Å². The molecule has 5 heteroatoms. The Morgan fingerprint density at radius 3 is 2.50 bits per heavy atom. The summed E-state index contributed by atoms with van der Waals surface area (Å²) in [6, 6.07) is 2.08. The van der Waals surface area contributed by atoms with Gasteiger partial charge in [-0.1, -0.05) is 6.07 Å². The molecule has 1 heterocycles. The van der Waals surface area contributed by atoms with Gasteiger partial charge in [0.1, 0.15) is 11.6 Å². The van der Waals surface area contributed by atoms with Crippen LogP contribution in [0.2, 0.25) is 0 Å². The zero-order valence-electron chi connectivity index (χ0n) is 11.0. The van der Waals surface area contributed by atoms with E-state index in [1.54, 1.807) is 7.11 Å². The van der Waals surface area contributed by atoms with Crippen LogP contribution in [-0.2, 0) is 0 Å². The van der Waals surface area contributed by atoms with Gasteiger partial charge in [0, 0.05) is 0 Å². The smallest absolute Gasteiger partial charge is 0.187 e. The summed E-state index contributed by atoms with van der Waals surface area (Å²) in [5, 5.41) is 7.87. The number of nitrogens with two attached hydrogens (primary N) is 1. The summed E-state index contributed by atoms with van der Waals surface area (Å²) in [5.74, 6) is 1.62. The Kier molecular flexibility index (Phi) is 3.14. The molecule has 1 aromatic heterocycles. The summed E-state index contributed by atoms with van der Waals surface area (Å²) in [6.07, 6.45) is 1.42. The van der Waals surface area contributed by atoms with Gasteiger partial charge in [-0.2, -0.15) is 5.10 Å². The maximum Gasteiger partial charge on any atom is 0.187 e. The second-order valence-corrected chi connectivity index (χ2v) is 4.25. The highest BCUT2D eigenvalue weighted by molar-refractivity contribution is 5.71. The van der Waals surface area contributed by atoms with E-state index in [4.69, 9.17) is 10.5 Å². The van der Waals surface area contributed by atoms with Crippen LogP contribution in [0.5, 0.6) is 5.75 Å². The number of anilines is 1. The molecule has 0 aliphatic heterocycles. The molecule has 0 radical (unpaired) electrons. The zero-order chi connectivity index (χ0) is 13.3. The predicted molar refractivity (Wildman–Crippen MR) is 70.4 cm³/mol. The Bertz CT molecular complexity index is 596. The fourth-order valence-electron chi connectivity index (χ4n) is 2.01. The summed E-state index contributed by atoms with van der Waals surface area (Å²) >= 11 is 0. The van der Waals surface area contributed by atoms with Gasteiger partial charge in [0.25, 0.3) is 0 Å². The second-order valence-electron chi connectivity index (χ2n) is 4.25. The standard InChI is InChI=1S/C13H16N4O/c1-7-5-8(2)11(12(18-4)9(7)3)13-16-10(14)6-15-17-13/h5-6H,1-4H3,(H2,14,16,17). The van der Waals surface area contributed by atoms with Crippen molar-refractivity contribution in [1.29, 1.82) is 0 Å². The van der Waals surface area contributed by atoms with Crippen LogP contribution < -0.4 is 10.5 Å². The van der Waals surface area contributed by atoms with Crippen molar-refractivity contribution in [2.45, 2.75) is 20.8 Å². The molecule has 0 bridgehead atoms. The summed E-state index contributed by atoms with van der Waals surface area (Å²) < 4.78 is 5.48. The van der Waals surface area contributed by atoms with Crippen LogP contribution in [0.4, 0.5) is 5.82 Å². The molecular weight excluding hydrogens is 228 g/mol. The Morgan fingerprint density at radius 1 is 1.17 bits per heavy atom. The first kappa shape index (κ1) is 12.3. The average Bonchev–Trinajstić information content (AvgIpc) is 2.33. The molecule has 2 aromatic rings. The number of benzene rings is 1. The van der Waals surface area contributed by atoms with E-state index in [2.05, 4.69) is 21.2 Å². The molecule has 1 aromatic carbocycles. The molecule has 0 amide bonds. The molecule has 0 aliphatic carbocycles. The van der Waals surface area contributed by atoms with E-state index in [1.165, 1.54) is 11.8 Å². The minimum Gasteiger partial charge on any atom is -0.496 e. The lowest BCUT2D eigenvalue weighted by Gasteiger charge is -2.15. The number of hydrogen-bond acceptors (Lipinski definition) is 5. The highest BCUT2D eigenvalue weighted by atomic mass is 16.5. The predicted octanol–water partition coefficient (Wildman–Crippen LogP) is 2.05. The van der Waals surface area contributed by atoms with E-state index >= 15 is 0 Å². The summed E-state index contributed by atoms with van der Waals surface area (Å²) in [5.41, 5.74) is 9.79. The van der Waals surface area contributed by atoms with Gasteiger partial charge < -0.3 is 10.5 Å². The van der Waals surface area contributed by atoms with Crippen molar-refractivity contribution in [1.82, 2.24) is 15.2 Å². The lowest BCUT2D eigenvalue weighted by atomic mass is 9.98. The number of nitrogen functional groups attached to an aromatic ring is 1. The summed E-state index contributed by atoms with van der Waals surface area (Å²) in [4.78, 5) is 4.21. The molecule has 94 valence electrons. The van der Waals surface area contributed by atoms with Crippen LogP contribution in [0.3, 0.4) is 0 Å². The van der Waals surface area contributed by atoms with Gasteiger partial charge in [-0.25, -0.2) is 4.98 Å². The molecular formula is C13H16N4O. The van der Waals surface area contributed by atoms with Gasteiger partial charge in [-0.05, 0) is 37.5 Å². The topological polar surface area (TPSA) is 73.9 Å². The Labute approximate surface area is 106 Å². The number of ether oxygens (including phenoxy) is 1. The van der Waals surface area contributed by atoms with E-state index < -0.39 is 0 Å². The van der Waals surface area contributed by atoms with Gasteiger partial charge >= 0.3 is 0 Å². The molecule has 5 nitrogen and oxygen atoms in total. The van der Waals surface area contributed by atoms with Crippen molar-refractivity contribution in [2.24, 2.45) is 0 Å². The van der Waals surface area contributed by atoms with Crippen molar-refractivity contribution in [3.63, 3.8) is 0 Å². The van der Waals surface area contributed by atoms with Gasteiger partial charge in [0.2, 0.25) is 0 Å². The van der Waals surface area contributed by atoms with E-state index in [9.17, 15) is 0 Å². The van der Waals surface area contributed by atoms with Gasteiger partial charge in [0.15, 0.2) is 5.82 Å². The van der Waals surface area contributed by atoms with E-state index in [0.29, 0.717) is 11.6 Å². The van der Waals surface area contributed by atoms with Crippen molar-refractivity contribution in [3.8, 4) is 17.1 Å². The second kappa shape index (κ2) is 4.60. The highest BCUT2D eigenvalue weighted by Gasteiger charge is 2.16. The Balaban J connectivity index is 2.74. The van der Waals surface area contributed by atoms with Gasteiger partial charge in [-0.3, -0.25) is 0 Å². The third-order valence-electron chi connectivity index (χ3n) is 2.99. The van der Waals surface area contributed by atoms with Crippen LogP contribution in [0.25, 0.3) is 11.4 Å². The molecule has 0 aliphatic rings. The monoisotopic (exact) mass is 244 g/mol. The Hall–Kier alpha value is -2.17. The lowest BCUT2D eigenvalue weighted by molar-refractivity contribution is 0.412. The molecule has 2 rings (SSSR count). The van der Waals surface area contributed by atoms with E-state index in [1.807, 2.05) is 20.8 Å². The number of methoxy groups -OCH3 is 1. The van der Waals surface area contributed by atoms with Crippen molar-refractivity contribution < 1.29 is 4.74 Å². The van der Waals surface area contributed by atoms with Gasteiger partial charge in [-0.15, -0.1) is 5.10 Å². The molecule has 0 saturated heterocycles. The van der Waals surface area contributed by atoms with Crippen LogP contribution in [0.1, 0.15) is 16.7 Å². The Morgan fingerprint density at radius 2 is 1.89 bits per heavy atom. The number of rotatable bonds is 2. The number of aryl methyl sites for hydroxylation is 2. The fraction of sp³-hybridized carbons (Fsp3) is 0.308. The molecule has 18 heavy (non-hydrogen) atoms. The number of hydrogen-bond donors (Lipinski definition) is 1. The maximum atomic E-state index is 5.65. The zero-order valence-corrected chi connectivity index (χ0v) is 11.0. The van der Waals surface area contributed by atoms with E-state index in [-0.39, 0.29) is 0 Å². The first-order valence-electron chi connectivity index (χ1n) is 5.65. The van der Waals surface area contributed by atoms with Crippen molar-refractivity contribution >= 4 is 5.82 Å². The van der Waals surface area contributed by atoms with Crippen molar-refractivity contribution in [2.75, 3.05) is 12.8 Å². The minimum absolute atomic E-state index is 0.347. The summed E-state index contributed by atoms with van der Waals surface area (Å²) in [7, 11) is 1.64. The van der Waals surface area contributed by atoms with Crippen LogP contribution >= 0.6 is 0 Å². The largest absolute Gasteiger partial charge is 0.496 e. The first-order chi connectivity index (χ1) is 8.54. The van der Waals surface area contributed by atoms with Gasteiger partial charge in [0.05, 0.1) is 18.9 Å². The summed E-state index contributed by atoms with van der Waals surface area (Å²) in [6.45, 7) is 6.06. The molecule has 0 spiro atoms. The van der Waals surface area contributed by atoms with Crippen LogP contribution in [0, 0.1) is 20.8 Å². The normalized spacial score (nSPS) is 10.4. The molecule has 0 unspecified atom stereocenters. The molecule has 0 fully saturated rings. The molecule has 0 saturated carbocycles. The van der Waals surface area contributed by atoms with Crippen LogP contribution in [0.15, 0.2) is 12.3 Å².